The molecule has 5 atom stereocenters. The quantitative estimate of drug-likeness (QED) is 0.597. The summed E-state index contributed by atoms with van der Waals surface area (Å²) in [6, 6.07) is 8.60. The predicted molar refractivity (Wildman–Crippen MR) is 140 cm³/mol. The molecular weight excluding hydrogens is 420 g/mol. The van der Waals surface area contributed by atoms with Crippen molar-refractivity contribution in [2.24, 2.45) is 27.7 Å². The number of aliphatic hydroxyl groups is 1. The molecule has 5 rings (SSSR count). The van der Waals surface area contributed by atoms with Crippen LogP contribution < -0.4 is 10.4 Å². The van der Waals surface area contributed by atoms with Gasteiger partial charge in [-0.2, -0.15) is 0 Å². The maximum absolute atomic E-state index is 10.7. The summed E-state index contributed by atoms with van der Waals surface area (Å²) in [5, 5.41) is 13.2. The van der Waals surface area contributed by atoms with Gasteiger partial charge in [0.1, 0.15) is 5.84 Å². The summed E-state index contributed by atoms with van der Waals surface area (Å²) in [7, 11) is 0. The number of amidine groups is 1. The fraction of sp³-hybridized carbons (Fsp3) is 0.400. The molecule has 1 aromatic carbocycles. The number of unbranched alkanes of at least 4 members (excludes halogenated alkanes) is 3. The van der Waals surface area contributed by atoms with Gasteiger partial charge in [-0.05, 0) is 22.4 Å². The Morgan fingerprint density at radius 3 is 2.59 bits per heavy atom. The third-order valence-electron chi connectivity index (χ3n) is 7.05. The molecule has 4 nitrogen and oxygen atoms in total. The standard InChI is InChI=1S/C30H34N2O2/c1-2-3-4-11-18-34-28-20-26(31-30(32-28)25-16-9-10-17-27(25)33)29-23-14-7-5-12-21(23)19-22-13-6-8-15-24(22)29/h5-10,12-17,19,21,23,25,27-28,33H,2-4,11,18,20H2,1H3. The number of rotatable bonds is 8. The summed E-state index contributed by atoms with van der Waals surface area (Å²) >= 11 is 0. The van der Waals surface area contributed by atoms with Crippen LogP contribution in [0.2, 0.25) is 0 Å². The van der Waals surface area contributed by atoms with Crippen molar-refractivity contribution in [1.82, 2.24) is 0 Å². The zero-order chi connectivity index (χ0) is 23.3. The first kappa shape index (κ1) is 22.9. The third-order valence-corrected chi connectivity index (χ3v) is 7.05. The Balaban J connectivity index is 1.53. The molecule has 0 aromatic heterocycles. The van der Waals surface area contributed by atoms with Crippen LogP contribution in [0.5, 0.6) is 0 Å². The number of fused-ring (bicyclic) bond motifs is 2. The van der Waals surface area contributed by atoms with Crippen molar-refractivity contribution in [2.45, 2.75) is 51.4 Å². The largest absolute Gasteiger partial charge is 0.388 e. The van der Waals surface area contributed by atoms with E-state index in [2.05, 4.69) is 61.6 Å². The predicted octanol–water partition coefficient (Wildman–Crippen LogP) is 4.26. The van der Waals surface area contributed by atoms with Crippen molar-refractivity contribution < 1.29 is 9.84 Å². The minimum absolute atomic E-state index is 0.245. The molecule has 34 heavy (non-hydrogen) atoms. The summed E-state index contributed by atoms with van der Waals surface area (Å²) < 4.78 is 6.29. The molecule has 0 amide bonds. The second-order valence-corrected chi connectivity index (χ2v) is 9.46. The minimum atomic E-state index is -0.626. The number of nitrogens with zero attached hydrogens (tertiary/aromatic N) is 2. The minimum Gasteiger partial charge on any atom is -0.388 e. The Morgan fingerprint density at radius 1 is 0.941 bits per heavy atom. The van der Waals surface area contributed by atoms with Gasteiger partial charge in [0.25, 0.3) is 0 Å². The van der Waals surface area contributed by atoms with E-state index in [0.717, 1.165) is 12.1 Å². The van der Waals surface area contributed by atoms with Crippen molar-refractivity contribution in [3.63, 3.8) is 0 Å². The zero-order valence-corrected chi connectivity index (χ0v) is 19.9. The Bertz CT molecular complexity index is 1200. The van der Waals surface area contributed by atoms with Crippen molar-refractivity contribution >= 4 is 23.2 Å². The number of ether oxygens (including phenoxy) is 1. The molecule has 1 aliphatic heterocycles. The lowest BCUT2D eigenvalue weighted by Crippen LogP contribution is -2.41. The Kier molecular flexibility index (Phi) is 7.17. The monoisotopic (exact) mass is 454 g/mol. The maximum Gasteiger partial charge on any atom is 0.155 e. The molecular formula is C30H34N2O2. The van der Waals surface area contributed by atoms with Gasteiger partial charge in [0, 0.05) is 24.9 Å². The fourth-order valence-electron chi connectivity index (χ4n) is 5.28. The van der Waals surface area contributed by atoms with E-state index in [4.69, 9.17) is 14.7 Å². The van der Waals surface area contributed by atoms with Crippen molar-refractivity contribution in [2.75, 3.05) is 6.61 Å². The van der Waals surface area contributed by atoms with E-state index in [-0.39, 0.29) is 18.1 Å². The molecule has 0 saturated heterocycles. The van der Waals surface area contributed by atoms with Gasteiger partial charge in [-0.1, -0.05) is 105 Å². The van der Waals surface area contributed by atoms with Gasteiger partial charge < -0.3 is 9.84 Å². The van der Waals surface area contributed by atoms with Gasteiger partial charge >= 0.3 is 0 Å². The van der Waals surface area contributed by atoms with Crippen LogP contribution in [0.25, 0.3) is 11.6 Å². The summed E-state index contributed by atoms with van der Waals surface area (Å²) in [6.45, 7) is 2.92. The van der Waals surface area contributed by atoms with Crippen LogP contribution in [0.15, 0.2) is 82.9 Å². The first-order valence-electron chi connectivity index (χ1n) is 12.7. The van der Waals surface area contributed by atoms with Crippen molar-refractivity contribution in [3.8, 4) is 0 Å². The molecule has 0 bridgehead atoms. The highest BCUT2D eigenvalue weighted by Crippen LogP contribution is 2.33. The van der Waals surface area contributed by atoms with Gasteiger partial charge in [0.15, 0.2) is 6.23 Å². The van der Waals surface area contributed by atoms with E-state index in [9.17, 15) is 5.11 Å². The summed E-state index contributed by atoms with van der Waals surface area (Å²) in [4.78, 5) is 10.00. The van der Waals surface area contributed by atoms with Crippen LogP contribution in [-0.2, 0) is 4.74 Å². The molecule has 0 fully saturated rings. The lowest BCUT2D eigenvalue weighted by atomic mass is 9.75. The lowest BCUT2D eigenvalue weighted by Gasteiger charge is -2.32. The van der Waals surface area contributed by atoms with E-state index >= 15 is 0 Å². The molecule has 4 heteroatoms. The molecule has 0 spiro atoms. The van der Waals surface area contributed by atoms with E-state index < -0.39 is 6.10 Å². The van der Waals surface area contributed by atoms with Crippen LogP contribution in [0, 0.1) is 17.8 Å². The van der Waals surface area contributed by atoms with E-state index in [1.54, 1.807) is 6.08 Å². The van der Waals surface area contributed by atoms with Crippen LogP contribution >= 0.6 is 0 Å². The Hall–Kier alpha value is -2.82. The third kappa shape index (κ3) is 4.84. The SMILES string of the molecule is CCCCCCOC1CC(C2=c3ccccc3=CC3C=CC=CC23)=NC(C2C=CC=CC2O)=N1. The summed E-state index contributed by atoms with van der Waals surface area (Å²) in [5.41, 5.74) is 2.30. The Morgan fingerprint density at radius 2 is 1.74 bits per heavy atom. The van der Waals surface area contributed by atoms with E-state index in [1.807, 2.05) is 18.2 Å². The van der Waals surface area contributed by atoms with Gasteiger partial charge in [0.2, 0.25) is 0 Å². The number of benzene rings is 1. The molecule has 0 saturated carbocycles. The number of aliphatic imine (C=N–C) groups is 2. The molecule has 176 valence electrons. The molecule has 3 aliphatic carbocycles. The maximum atomic E-state index is 10.7. The number of hydrogen-bond acceptors (Lipinski definition) is 4. The number of hydrogen-bond donors (Lipinski definition) is 1. The molecule has 4 aliphatic rings. The fourth-order valence-corrected chi connectivity index (χ4v) is 5.28. The highest BCUT2D eigenvalue weighted by Gasteiger charge is 2.33. The highest BCUT2D eigenvalue weighted by molar-refractivity contribution is 6.24. The number of aliphatic hydroxyl groups excluding tert-OH is 1. The first-order valence-corrected chi connectivity index (χ1v) is 12.7. The Labute approximate surface area is 202 Å². The molecule has 1 N–H and O–H groups in total. The van der Waals surface area contributed by atoms with Crippen LogP contribution in [0.1, 0.15) is 39.0 Å². The normalized spacial score (nSPS) is 29.2. The van der Waals surface area contributed by atoms with Crippen molar-refractivity contribution in [1.29, 1.82) is 0 Å². The molecule has 1 heterocycles. The highest BCUT2D eigenvalue weighted by atomic mass is 16.5. The smallest absolute Gasteiger partial charge is 0.155 e. The summed E-state index contributed by atoms with van der Waals surface area (Å²) in [6.07, 6.45) is 23.3. The van der Waals surface area contributed by atoms with Crippen LogP contribution in [0.3, 0.4) is 0 Å². The van der Waals surface area contributed by atoms with Gasteiger partial charge in [-0.15, -0.1) is 0 Å². The first-order chi connectivity index (χ1) is 16.7. The topological polar surface area (TPSA) is 54.2 Å². The second kappa shape index (κ2) is 10.6. The van der Waals surface area contributed by atoms with E-state index in [1.165, 1.54) is 35.3 Å². The van der Waals surface area contributed by atoms with Crippen molar-refractivity contribution in [3.05, 3.63) is 83.3 Å². The average molecular weight is 455 g/mol. The summed E-state index contributed by atoms with van der Waals surface area (Å²) in [5.74, 6) is 0.973. The zero-order valence-electron chi connectivity index (χ0n) is 19.9. The lowest BCUT2D eigenvalue weighted by molar-refractivity contribution is 0.0602. The van der Waals surface area contributed by atoms with Gasteiger partial charge in [0.05, 0.1) is 17.7 Å². The second-order valence-electron chi connectivity index (χ2n) is 9.46. The van der Waals surface area contributed by atoms with Gasteiger partial charge in [-0.3, -0.25) is 0 Å². The van der Waals surface area contributed by atoms with E-state index in [0.29, 0.717) is 24.8 Å². The van der Waals surface area contributed by atoms with Crippen LogP contribution in [0.4, 0.5) is 0 Å². The molecule has 0 radical (unpaired) electrons. The molecule has 5 unspecified atom stereocenters. The number of allylic oxidation sites excluding steroid dienone is 6. The molecule has 1 aromatic rings. The van der Waals surface area contributed by atoms with Crippen LogP contribution in [-0.4, -0.2) is 35.6 Å². The van der Waals surface area contributed by atoms with Gasteiger partial charge in [-0.25, -0.2) is 9.98 Å². The average Bonchev–Trinajstić information content (AvgIpc) is 2.87.